The third-order valence-corrected chi connectivity index (χ3v) is 7.24. The maximum Gasteiger partial charge on any atom is 0.219 e. The molecular weight excluding hydrogens is 394 g/mol. The van der Waals surface area contributed by atoms with Crippen molar-refractivity contribution in [1.82, 2.24) is 14.8 Å². The van der Waals surface area contributed by atoms with E-state index in [0.29, 0.717) is 6.54 Å². The van der Waals surface area contributed by atoms with Crippen LogP contribution in [0.4, 0.5) is 0 Å². The molecule has 2 unspecified atom stereocenters. The summed E-state index contributed by atoms with van der Waals surface area (Å²) in [6.45, 7) is 12.1. The molecule has 1 aromatic heterocycles. The number of hydrogen-bond donors (Lipinski definition) is 0. The highest BCUT2D eigenvalue weighted by atomic mass is 32.1. The number of amides is 1. The van der Waals surface area contributed by atoms with Crippen molar-refractivity contribution < 1.29 is 9.53 Å². The van der Waals surface area contributed by atoms with E-state index in [-0.39, 0.29) is 5.91 Å². The van der Waals surface area contributed by atoms with Gasteiger partial charge in [0.2, 0.25) is 5.91 Å². The first kappa shape index (κ1) is 21.3. The van der Waals surface area contributed by atoms with Gasteiger partial charge < -0.3 is 14.5 Å². The predicted octanol–water partition coefficient (Wildman–Crippen LogP) is 4.46. The van der Waals surface area contributed by atoms with Crippen LogP contribution in [-0.4, -0.2) is 53.5 Å². The topological polar surface area (TPSA) is 45.7 Å². The molecule has 1 amide bonds. The molecule has 1 fully saturated rings. The standard InChI is InChI=1S/C24H33N3O2S/c1-17-13-18(2)15-26(14-17)10-4-12-29-21-7-5-20(6-8-21)24-25-22-9-11-27(19(3)28)16-23(22)30-24/h5-8,17-18H,4,9-16H2,1-3H3. The van der Waals surface area contributed by atoms with E-state index in [9.17, 15) is 4.79 Å². The fraction of sp³-hybridized carbons (Fsp3) is 0.583. The number of benzene rings is 1. The zero-order valence-corrected chi connectivity index (χ0v) is 19.2. The molecule has 0 saturated carbocycles. The van der Waals surface area contributed by atoms with E-state index >= 15 is 0 Å². The van der Waals surface area contributed by atoms with E-state index in [1.54, 1.807) is 18.3 Å². The number of aromatic nitrogens is 1. The lowest BCUT2D eigenvalue weighted by Gasteiger charge is -2.34. The summed E-state index contributed by atoms with van der Waals surface area (Å²) in [6.07, 6.45) is 3.27. The second kappa shape index (κ2) is 9.48. The number of nitrogens with zero attached hydrogens (tertiary/aromatic N) is 3. The number of carbonyl (C=O) groups excluding carboxylic acids is 1. The summed E-state index contributed by atoms with van der Waals surface area (Å²) in [6, 6.07) is 8.28. The molecular formula is C24H33N3O2S. The van der Waals surface area contributed by atoms with Gasteiger partial charge in [0.15, 0.2) is 0 Å². The largest absolute Gasteiger partial charge is 0.494 e. The first-order valence-corrected chi connectivity index (χ1v) is 12.0. The average Bonchev–Trinajstić information content (AvgIpc) is 3.14. The van der Waals surface area contributed by atoms with Crippen LogP contribution in [0.15, 0.2) is 24.3 Å². The molecule has 162 valence electrons. The smallest absolute Gasteiger partial charge is 0.219 e. The monoisotopic (exact) mass is 427 g/mol. The number of piperidine rings is 1. The second-order valence-electron chi connectivity index (χ2n) is 9.01. The van der Waals surface area contributed by atoms with Gasteiger partial charge in [0, 0.05) is 50.0 Å². The van der Waals surface area contributed by atoms with Crippen LogP contribution in [0, 0.1) is 11.8 Å². The molecule has 4 rings (SSSR count). The quantitative estimate of drug-likeness (QED) is 0.639. The lowest BCUT2D eigenvalue weighted by molar-refractivity contribution is -0.129. The molecule has 2 aliphatic rings. The van der Waals surface area contributed by atoms with Crippen LogP contribution in [0.2, 0.25) is 0 Å². The highest BCUT2D eigenvalue weighted by Gasteiger charge is 2.23. The highest BCUT2D eigenvalue weighted by Crippen LogP contribution is 2.32. The molecule has 3 heterocycles. The number of ether oxygens (including phenoxy) is 1. The van der Waals surface area contributed by atoms with Crippen molar-refractivity contribution in [3.05, 3.63) is 34.8 Å². The van der Waals surface area contributed by atoms with Crippen LogP contribution in [0.3, 0.4) is 0 Å². The van der Waals surface area contributed by atoms with Crippen molar-refractivity contribution in [2.75, 3.05) is 32.8 Å². The zero-order chi connectivity index (χ0) is 21.1. The van der Waals surface area contributed by atoms with Gasteiger partial charge in [-0.3, -0.25) is 4.79 Å². The Labute approximate surface area is 184 Å². The van der Waals surface area contributed by atoms with Crippen molar-refractivity contribution in [1.29, 1.82) is 0 Å². The Bertz CT molecular complexity index is 854. The van der Waals surface area contributed by atoms with Crippen molar-refractivity contribution >= 4 is 17.2 Å². The second-order valence-corrected chi connectivity index (χ2v) is 10.1. The Balaban J connectivity index is 1.27. The molecule has 30 heavy (non-hydrogen) atoms. The molecule has 1 saturated heterocycles. The Morgan fingerprint density at radius 3 is 2.63 bits per heavy atom. The summed E-state index contributed by atoms with van der Waals surface area (Å²) in [5.41, 5.74) is 2.27. The zero-order valence-electron chi connectivity index (χ0n) is 18.4. The molecule has 0 N–H and O–H groups in total. The van der Waals surface area contributed by atoms with Crippen molar-refractivity contribution in [3.63, 3.8) is 0 Å². The molecule has 2 atom stereocenters. The van der Waals surface area contributed by atoms with E-state index in [2.05, 4.69) is 30.9 Å². The van der Waals surface area contributed by atoms with Crippen molar-refractivity contribution in [2.24, 2.45) is 11.8 Å². The van der Waals surface area contributed by atoms with Crippen LogP contribution in [-0.2, 0) is 17.8 Å². The number of hydrogen-bond acceptors (Lipinski definition) is 5. The first-order chi connectivity index (χ1) is 14.5. The van der Waals surface area contributed by atoms with E-state index in [0.717, 1.165) is 66.4 Å². The minimum atomic E-state index is 0.140. The minimum Gasteiger partial charge on any atom is -0.494 e. The number of carbonyl (C=O) groups is 1. The Kier molecular flexibility index (Phi) is 6.74. The number of thiazole rings is 1. The molecule has 0 spiro atoms. The maximum atomic E-state index is 11.6. The van der Waals surface area contributed by atoms with Gasteiger partial charge >= 0.3 is 0 Å². The molecule has 1 aromatic carbocycles. The van der Waals surface area contributed by atoms with Gasteiger partial charge in [-0.25, -0.2) is 4.98 Å². The van der Waals surface area contributed by atoms with Crippen molar-refractivity contribution in [3.8, 4) is 16.3 Å². The summed E-state index contributed by atoms with van der Waals surface area (Å²) >= 11 is 1.70. The molecule has 0 aliphatic carbocycles. The molecule has 2 aromatic rings. The van der Waals surface area contributed by atoms with Crippen LogP contribution in [0.1, 0.15) is 44.2 Å². The third kappa shape index (κ3) is 5.22. The third-order valence-electron chi connectivity index (χ3n) is 6.11. The highest BCUT2D eigenvalue weighted by molar-refractivity contribution is 7.15. The van der Waals surface area contributed by atoms with Gasteiger partial charge in [-0.2, -0.15) is 0 Å². The number of fused-ring (bicyclic) bond motifs is 1. The van der Waals surface area contributed by atoms with Gasteiger partial charge in [0.1, 0.15) is 10.8 Å². The van der Waals surface area contributed by atoms with Crippen LogP contribution in [0.25, 0.3) is 10.6 Å². The summed E-state index contributed by atoms with van der Waals surface area (Å²) in [5.74, 6) is 2.68. The molecule has 6 heteroatoms. The Morgan fingerprint density at radius 2 is 1.93 bits per heavy atom. The van der Waals surface area contributed by atoms with Crippen LogP contribution >= 0.6 is 11.3 Å². The number of likely N-dealkylation sites (tertiary alicyclic amines) is 1. The van der Waals surface area contributed by atoms with Crippen LogP contribution in [0.5, 0.6) is 5.75 Å². The lowest BCUT2D eigenvalue weighted by atomic mass is 9.92. The first-order valence-electron chi connectivity index (χ1n) is 11.2. The predicted molar refractivity (Wildman–Crippen MR) is 122 cm³/mol. The van der Waals surface area contributed by atoms with Gasteiger partial charge in [-0.15, -0.1) is 11.3 Å². The Hall–Kier alpha value is -1.92. The molecule has 5 nitrogen and oxygen atoms in total. The van der Waals surface area contributed by atoms with Gasteiger partial charge in [-0.05, 0) is 48.9 Å². The molecule has 2 aliphatic heterocycles. The average molecular weight is 428 g/mol. The maximum absolute atomic E-state index is 11.6. The van der Waals surface area contributed by atoms with Gasteiger partial charge in [0.25, 0.3) is 0 Å². The van der Waals surface area contributed by atoms with Crippen molar-refractivity contribution in [2.45, 2.75) is 46.6 Å². The van der Waals surface area contributed by atoms with Gasteiger partial charge in [0.05, 0.1) is 18.8 Å². The normalized spacial score (nSPS) is 22.0. The van der Waals surface area contributed by atoms with Gasteiger partial charge in [-0.1, -0.05) is 13.8 Å². The van der Waals surface area contributed by atoms with E-state index in [4.69, 9.17) is 9.72 Å². The number of rotatable bonds is 6. The Morgan fingerprint density at radius 1 is 1.20 bits per heavy atom. The summed E-state index contributed by atoms with van der Waals surface area (Å²) in [5, 5.41) is 1.03. The SMILES string of the molecule is CC(=O)N1CCc2nc(-c3ccc(OCCCN4CC(C)CC(C)C4)cc3)sc2C1. The van der Waals surface area contributed by atoms with E-state index in [1.165, 1.54) is 24.4 Å². The van der Waals surface area contributed by atoms with Crippen LogP contribution < -0.4 is 4.74 Å². The molecule has 0 bridgehead atoms. The lowest BCUT2D eigenvalue weighted by Crippen LogP contribution is -2.39. The van der Waals surface area contributed by atoms with E-state index < -0.39 is 0 Å². The molecule has 0 radical (unpaired) electrons. The fourth-order valence-corrected chi connectivity index (χ4v) is 5.86. The summed E-state index contributed by atoms with van der Waals surface area (Å²) in [7, 11) is 0. The summed E-state index contributed by atoms with van der Waals surface area (Å²) < 4.78 is 5.98. The minimum absolute atomic E-state index is 0.140. The fourth-order valence-electron chi connectivity index (χ4n) is 4.73. The summed E-state index contributed by atoms with van der Waals surface area (Å²) in [4.78, 5) is 22.2. The van der Waals surface area contributed by atoms with E-state index in [1.807, 2.05) is 17.0 Å².